The molecule has 0 heterocycles. The van der Waals surface area contributed by atoms with Gasteiger partial charge in [0.1, 0.15) is 11.8 Å². The minimum atomic E-state index is -0.822. The molecule has 1 rings (SSSR count). The lowest BCUT2D eigenvalue weighted by Gasteiger charge is -2.19. The molecule has 3 atom stereocenters. The van der Waals surface area contributed by atoms with Gasteiger partial charge < -0.3 is 51.9 Å². The van der Waals surface area contributed by atoms with Gasteiger partial charge in [-0.15, -0.1) is 0 Å². The van der Waals surface area contributed by atoms with Gasteiger partial charge in [-0.25, -0.2) is 16.4 Å². The first-order valence-electron chi connectivity index (χ1n) is 21.7. The van der Waals surface area contributed by atoms with Gasteiger partial charge in [0.25, 0.3) is 0 Å². The number of rotatable bonds is 36. The summed E-state index contributed by atoms with van der Waals surface area (Å²) in [7, 11) is 6.75. The normalized spacial score (nSPS) is 12.3. The SMILES string of the molecule is CNC(=O)C(N)Cc1ccc(O)cc1.CNOCCCCCCNC(=O)CCC(NC(=O)CCC(C)C(=O)NCCCCCCONC)C(=O)NCCCCCCONC. The Morgan fingerprint density at radius 1 is 0.583 bits per heavy atom. The molecule has 0 aliphatic heterocycles. The third kappa shape index (κ3) is 32.9. The van der Waals surface area contributed by atoms with E-state index >= 15 is 0 Å². The number of carbonyl (C=O) groups excluding carboxylic acids is 5. The van der Waals surface area contributed by atoms with Crippen LogP contribution in [0.5, 0.6) is 5.75 Å². The largest absolute Gasteiger partial charge is 0.508 e. The molecule has 0 aliphatic carbocycles. The number of amides is 5. The molecule has 1 aromatic carbocycles. The van der Waals surface area contributed by atoms with E-state index < -0.39 is 12.1 Å². The summed E-state index contributed by atoms with van der Waals surface area (Å²) in [5, 5.41) is 23.1. The summed E-state index contributed by atoms with van der Waals surface area (Å²) in [5.74, 6) is -1.14. The highest BCUT2D eigenvalue weighted by Crippen LogP contribution is 2.11. The number of phenolic OH excluding ortho intramolecular Hbond substituents is 1. The molecule has 0 aromatic heterocycles. The number of likely N-dealkylation sites (N-methyl/N-ethyl adjacent to an activating group) is 1. The molecule has 18 heteroatoms. The Morgan fingerprint density at radius 3 is 1.52 bits per heavy atom. The van der Waals surface area contributed by atoms with Crippen LogP contribution >= 0.6 is 0 Å². The molecular formula is C42H79N9O9. The number of benzene rings is 1. The lowest BCUT2D eigenvalue weighted by Crippen LogP contribution is -2.47. The Labute approximate surface area is 358 Å². The van der Waals surface area contributed by atoms with Crippen LogP contribution in [-0.4, -0.2) is 114 Å². The second-order valence-electron chi connectivity index (χ2n) is 14.5. The predicted molar refractivity (Wildman–Crippen MR) is 233 cm³/mol. The highest BCUT2D eigenvalue weighted by Gasteiger charge is 2.23. The lowest BCUT2D eigenvalue weighted by molar-refractivity contribution is -0.130. The summed E-state index contributed by atoms with van der Waals surface area (Å²) in [6.07, 6.45) is 12.7. The fraction of sp³-hybridized carbons (Fsp3) is 0.738. The number of phenols is 1. The van der Waals surface area contributed by atoms with E-state index in [0.29, 0.717) is 52.3 Å². The molecule has 11 N–H and O–H groups in total. The van der Waals surface area contributed by atoms with Gasteiger partial charge >= 0.3 is 0 Å². The number of hydroxylamine groups is 3. The highest BCUT2D eigenvalue weighted by atomic mass is 16.6. The van der Waals surface area contributed by atoms with E-state index in [0.717, 1.165) is 82.6 Å². The van der Waals surface area contributed by atoms with Gasteiger partial charge in [-0.1, -0.05) is 57.6 Å². The summed E-state index contributed by atoms with van der Waals surface area (Å²) in [4.78, 5) is 77.1. The van der Waals surface area contributed by atoms with Crippen molar-refractivity contribution in [1.29, 1.82) is 0 Å². The first-order chi connectivity index (χ1) is 29.0. The van der Waals surface area contributed by atoms with Crippen molar-refractivity contribution in [3.05, 3.63) is 29.8 Å². The molecule has 60 heavy (non-hydrogen) atoms. The summed E-state index contributed by atoms with van der Waals surface area (Å²) in [6.45, 7) is 5.42. The molecule has 18 nitrogen and oxygen atoms in total. The van der Waals surface area contributed by atoms with Crippen molar-refractivity contribution in [2.24, 2.45) is 11.7 Å². The quantitative estimate of drug-likeness (QED) is 0.0344. The van der Waals surface area contributed by atoms with Crippen LogP contribution in [0.3, 0.4) is 0 Å². The van der Waals surface area contributed by atoms with Crippen molar-refractivity contribution >= 4 is 29.5 Å². The third-order valence-electron chi connectivity index (χ3n) is 9.41. The average Bonchev–Trinajstić information content (AvgIpc) is 3.24. The summed E-state index contributed by atoms with van der Waals surface area (Å²) < 4.78 is 0. The van der Waals surface area contributed by atoms with Crippen LogP contribution in [0.15, 0.2) is 24.3 Å². The van der Waals surface area contributed by atoms with E-state index in [1.165, 1.54) is 0 Å². The molecule has 5 amide bonds. The average molecular weight is 854 g/mol. The molecule has 0 spiro atoms. The Kier molecular flexibility index (Phi) is 36.7. The fourth-order valence-electron chi connectivity index (χ4n) is 5.75. The summed E-state index contributed by atoms with van der Waals surface area (Å²) in [6, 6.07) is 5.29. The summed E-state index contributed by atoms with van der Waals surface area (Å²) in [5.41, 5.74) is 14.5. The zero-order valence-electron chi connectivity index (χ0n) is 37.1. The second-order valence-corrected chi connectivity index (χ2v) is 14.5. The monoisotopic (exact) mass is 854 g/mol. The highest BCUT2D eigenvalue weighted by molar-refractivity contribution is 5.88. The van der Waals surface area contributed by atoms with Gasteiger partial charge in [-0.3, -0.25) is 24.0 Å². The van der Waals surface area contributed by atoms with E-state index in [2.05, 4.69) is 43.0 Å². The van der Waals surface area contributed by atoms with Gasteiger partial charge in [0, 0.05) is 66.6 Å². The van der Waals surface area contributed by atoms with Crippen LogP contribution in [0.25, 0.3) is 0 Å². The van der Waals surface area contributed by atoms with E-state index in [9.17, 15) is 24.0 Å². The molecule has 0 aliphatic rings. The maximum Gasteiger partial charge on any atom is 0.242 e. The number of hydrogen-bond donors (Lipinski definition) is 10. The van der Waals surface area contributed by atoms with Crippen LogP contribution in [-0.2, 0) is 44.9 Å². The molecule has 3 unspecified atom stereocenters. The minimum absolute atomic E-state index is 0.0823. The molecular weight excluding hydrogens is 775 g/mol. The number of hydrogen-bond acceptors (Lipinski definition) is 13. The van der Waals surface area contributed by atoms with E-state index in [4.69, 9.17) is 25.4 Å². The van der Waals surface area contributed by atoms with Crippen molar-refractivity contribution in [2.45, 2.75) is 128 Å². The van der Waals surface area contributed by atoms with Crippen molar-refractivity contribution in [1.82, 2.24) is 43.0 Å². The minimum Gasteiger partial charge on any atom is -0.508 e. The Morgan fingerprint density at radius 2 is 1.03 bits per heavy atom. The zero-order valence-corrected chi connectivity index (χ0v) is 37.1. The Hall–Kier alpha value is -3.91. The van der Waals surface area contributed by atoms with Crippen LogP contribution < -0.4 is 48.8 Å². The second kappa shape index (κ2) is 39.2. The van der Waals surface area contributed by atoms with E-state index in [1.807, 2.05) is 0 Å². The van der Waals surface area contributed by atoms with E-state index in [-0.39, 0.29) is 60.5 Å². The maximum atomic E-state index is 13.0. The first-order valence-corrected chi connectivity index (χ1v) is 21.7. The van der Waals surface area contributed by atoms with Crippen LogP contribution in [0.2, 0.25) is 0 Å². The van der Waals surface area contributed by atoms with Crippen LogP contribution in [0.1, 0.15) is 115 Å². The van der Waals surface area contributed by atoms with Crippen molar-refractivity contribution in [3.8, 4) is 5.75 Å². The van der Waals surface area contributed by atoms with Gasteiger partial charge in [-0.05, 0) is 75.5 Å². The predicted octanol–water partition coefficient (Wildman–Crippen LogP) is 2.16. The molecule has 0 bridgehead atoms. The number of nitrogens with one attached hydrogen (secondary N) is 8. The molecule has 1 aromatic rings. The van der Waals surface area contributed by atoms with Gasteiger partial charge in [0.15, 0.2) is 0 Å². The first kappa shape index (κ1) is 56.1. The number of nitrogens with two attached hydrogens (primary N) is 1. The standard InChI is InChI=1S/C32H65N7O7.C10H14N2O2/c1-27(31(42)37-22-12-6-9-15-25-45-34-3)17-19-30(41)39-28(32(43)38-23-13-7-10-16-26-46-35-4)18-20-29(40)36-21-11-5-8-14-24-44-33-2;1-12-10(14)9(11)6-7-2-4-8(13)5-3-7/h27-28,33-35H,5-26H2,1-4H3,(H,36,40)(H,37,42)(H,38,43)(H,39,41);2-5,9,13H,6,11H2,1H3,(H,12,14). The lowest BCUT2D eigenvalue weighted by atomic mass is 10.0. The number of carbonyl (C=O) groups is 5. The molecule has 346 valence electrons. The van der Waals surface area contributed by atoms with Crippen molar-refractivity contribution in [3.63, 3.8) is 0 Å². The zero-order chi connectivity index (χ0) is 44.6. The molecule has 0 radical (unpaired) electrons. The van der Waals surface area contributed by atoms with Gasteiger partial charge in [0.2, 0.25) is 29.5 Å². The molecule has 0 fully saturated rings. The fourth-order valence-corrected chi connectivity index (χ4v) is 5.75. The van der Waals surface area contributed by atoms with Gasteiger partial charge in [0.05, 0.1) is 25.9 Å². The number of aromatic hydroxyl groups is 1. The smallest absolute Gasteiger partial charge is 0.242 e. The third-order valence-corrected chi connectivity index (χ3v) is 9.41. The number of unbranched alkanes of at least 4 members (excludes halogenated alkanes) is 9. The van der Waals surface area contributed by atoms with Crippen LogP contribution in [0.4, 0.5) is 0 Å². The van der Waals surface area contributed by atoms with Gasteiger partial charge in [-0.2, -0.15) is 0 Å². The van der Waals surface area contributed by atoms with Crippen LogP contribution in [0, 0.1) is 5.92 Å². The topological polar surface area (TPSA) is 256 Å². The Bertz CT molecular complexity index is 1260. The maximum absolute atomic E-state index is 13.0. The Balaban J connectivity index is 0.00000208. The van der Waals surface area contributed by atoms with E-state index in [1.54, 1.807) is 59.4 Å². The molecule has 0 saturated heterocycles. The van der Waals surface area contributed by atoms with Crippen molar-refractivity contribution < 1.29 is 43.6 Å². The molecule has 0 saturated carbocycles. The van der Waals surface area contributed by atoms with Crippen molar-refractivity contribution in [2.75, 3.05) is 67.6 Å². The summed E-state index contributed by atoms with van der Waals surface area (Å²) >= 11 is 0.